The average molecular weight is 324 g/mol. The molecule has 0 unspecified atom stereocenters. The first-order valence-corrected chi connectivity index (χ1v) is 8.38. The molecular formula is C22H16N2O. The van der Waals surface area contributed by atoms with Gasteiger partial charge in [0.2, 0.25) is 0 Å². The van der Waals surface area contributed by atoms with Crippen LogP contribution in [0.4, 0.5) is 0 Å². The first-order chi connectivity index (χ1) is 12.3. The van der Waals surface area contributed by atoms with Crippen LogP contribution < -0.4 is 5.69 Å². The molecule has 0 saturated heterocycles. The Bertz CT molecular complexity index is 1280. The summed E-state index contributed by atoms with van der Waals surface area (Å²) < 4.78 is 3.70. The Labute approximate surface area is 144 Å². The fraction of sp³-hybridized carbons (Fsp3) is 0.0455. The zero-order chi connectivity index (χ0) is 16.8. The SMILES string of the molecule is O=c1n(Cc2ccccc2)c2ccccc2c2cc3ccccc3n12. The molecule has 120 valence electrons. The van der Waals surface area contributed by atoms with E-state index < -0.39 is 0 Å². The smallest absolute Gasteiger partial charge is 0.289 e. The standard InChI is InChI=1S/C22H16N2O/c25-22-23(15-16-8-2-1-3-9-16)20-13-7-5-11-18(20)21-14-17-10-4-6-12-19(17)24(21)22/h1-14H,15H2. The van der Waals surface area contributed by atoms with E-state index in [0.717, 1.165) is 32.9 Å². The zero-order valence-electron chi connectivity index (χ0n) is 13.6. The second-order valence-corrected chi connectivity index (χ2v) is 6.30. The van der Waals surface area contributed by atoms with Crippen molar-refractivity contribution in [3.63, 3.8) is 0 Å². The molecule has 0 bridgehead atoms. The van der Waals surface area contributed by atoms with E-state index in [1.54, 1.807) is 0 Å². The Morgan fingerprint density at radius 3 is 2.20 bits per heavy atom. The van der Waals surface area contributed by atoms with Gasteiger partial charge in [0, 0.05) is 10.8 Å². The Morgan fingerprint density at radius 1 is 0.680 bits per heavy atom. The van der Waals surface area contributed by atoms with Crippen molar-refractivity contribution in [2.24, 2.45) is 0 Å². The van der Waals surface area contributed by atoms with E-state index in [1.807, 2.05) is 63.6 Å². The normalized spacial score (nSPS) is 11.5. The van der Waals surface area contributed by atoms with Crippen molar-refractivity contribution in [2.45, 2.75) is 6.54 Å². The van der Waals surface area contributed by atoms with Gasteiger partial charge >= 0.3 is 5.69 Å². The van der Waals surface area contributed by atoms with Crippen LogP contribution in [0.3, 0.4) is 0 Å². The van der Waals surface area contributed by atoms with Gasteiger partial charge in [-0.3, -0.25) is 8.97 Å². The summed E-state index contributed by atoms with van der Waals surface area (Å²) in [6.45, 7) is 0.558. The summed E-state index contributed by atoms with van der Waals surface area (Å²) in [5.41, 5.74) is 4.00. The van der Waals surface area contributed by atoms with Gasteiger partial charge in [0.25, 0.3) is 0 Å². The van der Waals surface area contributed by atoms with Crippen LogP contribution in [0.5, 0.6) is 0 Å². The minimum Gasteiger partial charge on any atom is -0.289 e. The van der Waals surface area contributed by atoms with Gasteiger partial charge in [-0.1, -0.05) is 66.7 Å². The number of nitrogens with zero attached hydrogens (tertiary/aromatic N) is 2. The Hall–Kier alpha value is -3.33. The third-order valence-corrected chi connectivity index (χ3v) is 4.79. The largest absolute Gasteiger partial charge is 0.333 e. The molecule has 2 aromatic heterocycles. The summed E-state index contributed by atoms with van der Waals surface area (Å²) in [6.07, 6.45) is 0. The molecule has 0 aliphatic heterocycles. The molecule has 0 saturated carbocycles. The third-order valence-electron chi connectivity index (χ3n) is 4.79. The molecule has 3 heteroatoms. The van der Waals surface area contributed by atoms with Crippen LogP contribution in [0.15, 0.2) is 89.7 Å². The number of fused-ring (bicyclic) bond motifs is 5. The second-order valence-electron chi connectivity index (χ2n) is 6.30. The monoisotopic (exact) mass is 324 g/mol. The summed E-state index contributed by atoms with van der Waals surface area (Å²) in [7, 11) is 0. The molecule has 0 fully saturated rings. The van der Waals surface area contributed by atoms with Crippen LogP contribution in [0.2, 0.25) is 0 Å². The number of hydrogen-bond donors (Lipinski definition) is 0. The highest BCUT2D eigenvalue weighted by atomic mass is 16.1. The second kappa shape index (κ2) is 5.35. The highest BCUT2D eigenvalue weighted by Crippen LogP contribution is 2.25. The molecule has 0 N–H and O–H groups in total. The van der Waals surface area contributed by atoms with Gasteiger partial charge in [-0.05, 0) is 23.8 Å². The van der Waals surface area contributed by atoms with Crippen LogP contribution in [0.1, 0.15) is 5.56 Å². The van der Waals surface area contributed by atoms with E-state index in [2.05, 4.69) is 30.3 Å². The van der Waals surface area contributed by atoms with E-state index in [0.29, 0.717) is 6.54 Å². The van der Waals surface area contributed by atoms with E-state index in [-0.39, 0.29) is 5.69 Å². The molecule has 25 heavy (non-hydrogen) atoms. The molecule has 0 aliphatic rings. The van der Waals surface area contributed by atoms with Gasteiger partial charge in [-0.25, -0.2) is 4.79 Å². The molecular weight excluding hydrogens is 308 g/mol. The molecule has 3 nitrogen and oxygen atoms in total. The molecule has 5 aromatic rings. The number of hydrogen-bond acceptors (Lipinski definition) is 1. The maximum absolute atomic E-state index is 13.3. The van der Waals surface area contributed by atoms with Crippen LogP contribution in [0.25, 0.3) is 27.3 Å². The lowest BCUT2D eigenvalue weighted by Gasteiger charge is -2.12. The number of aromatic nitrogens is 2. The zero-order valence-corrected chi connectivity index (χ0v) is 13.6. The fourth-order valence-electron chi connectivity index (χ4n) is 3.63. The van der Waals surface area contributed by atoms with E-state index in [1.165, 1.54) is 0 Å². The predicted octanol–water partition coefficient (Wildman–Crippen LogP) is 4.46. The first kappa shape index (κ1) is 14.1. The van der Waals surface area contributed by atoms with Gasteiger partial charge in [-0.15, -0.1) is 0 Å². The first-order valence-electron chi connectivity index (χ1n) is 8.38. The van der Waals surface area contributed by atoms with Crippen LogP contribution >= 0.6 is 0 Å². The molecule has 5 rings (SSSR count). The van der Waals surface area contributed by atoms with Crippen molar-refractivity contribution >= 4 is 27.3 Å². The molecule has 0 aliphatic carbocycles. The predicted molar refractivity (Wildman–Crippen MR) is 102 cm³/mol. The van der Waals surface area contributed by atoms with Crippen molar-refractivity contribution in [2.75, 3.05) is 0 Å². The van der Waals surface area contributed by atoms with Crippen LogP contribution in [-0.2, 0) is 6.54 Å². The maximum Gasteiger partial charge on any atom is 0.333 e. The topological polar surface area (TPSA) is 26.4 Å². The van der Waals surface area contributed by atoms with E-state index in [4.69, 9.17) is 0 Å². The third kappa shape index (κ3) is 2.09. The van der Waals surface area contributed by atoms with Gasteiger partial charge in [-0.2, -0.15) is 0 Å². The summed E-state index contributed by atoms with van der Waals surface area (Å²) in [6, 6.07) is 28.4. The molecule has 0 amide bonds. The van der Waals surface area contributed by atoms with Crippen molar-refractivity contribution in [3.8, 4) is 0 Å². The maximum atomic E-state index is 13.3. The molecule has 3 aromatic carbocycles. The summed E-state index contributed by atoms with van der Waals surface area (Å²) in [5, 5.41) is 2.18. The highest BCUT2D eigenvalue weighted by molar-refractivity contribution is 6.00. The average Bonchev–Trinajstić information content (AvgIpc) is 3.06. The highest BCUT2D eigenvalue weighted by Gasteiger charge is 2.13. The van der Waals surface area contributed by atoms with E-state index in [9.17, 15) is 4.79 Å². The van der Waals surface area contributed by atoms with Crippen LogP contribution in [0, 0.1) is 0 Å². The lowest BCUT2D eigenvalue weighted by atomic mass is 10.2. The Kier molecular flexibility index (Phi) is 3.01. The number of benzene rings is 3. The minimum absolute atomic E-state index is 0.00115. The molecule has 0 radical (unpaired) electrons. The number of para-hydroxylation sites is 2. The Balaban J connectivity index is 1.94. The number of rotatable bonds is 2. The summed E-state index contributed by atoms with van der Waals surface area (Å²) in [4.78, 5) is 13.3. The van der Waals surface area contributed by atoms with E-state index >= 15 is 0 Å². The minimum atomic E-state index is -0.00115. The van der Waals surface area contributed by atoms with Gasteiger partial charge in [0.1, 0.15) is 0 Å². The van der Waals surface area contributed by atoms with Crippen molar-refractivity contribution < 1.29 is 0 Å². The summed E-state index contributed by atoms with van der Waals surface area (Å²) in [5.74, 6) is 0. The lowest BCUT2D eigenvalue weighted by Crippen LogP contribution is -2.27. The summed E-state index contributed by atoms with van der Waals surface area (Å²) >= 11 is 0. The van der Waals surface area contributed by atoms with Gasteiger partial charge < -0.3 is 0 Å². The van der Waals surface area contributed by atoms with Gasteiger partial charge in [0.15, 0.2) is 0 Å². The van der Waals surface area contributed by atoms with Crippen molar-refractivity contribution in [1.29, 1.82) is 0 Å². The lowest BCUT2D eigenvalue weighted by molar-refractivity contribution is 0.753. The quantitative estimate of drug-likeness (QED) is 0.471. The Morgan fingerprint density at radius 2 is 1.36 bits per heavy atom. The molecule has 0 spiro atoms. The van der Waals surface area contributed by atoms with Gasteiger partial charge in [0.05, 0.1) is 23.1 Å². The molecule has 0 atom stereocenters. The fourth-order valence-corrected chi connectivity index (χ4v) is 3.63. The van der Waals surface area contributed by atoms with Crippen LogP contribution in [-0.4, -0.2) is 8.97 Å². The van der Waals surface area contributed by atoms with Crippen molar-refractivity contribution in [3.05, 3.63) is 101 Å². The molecule has 2 heterocycles. The van der Waals surface area contributed by atoms with Crippen molar-refractivity contribution in [1.82, 2.24) is 8.97 Å².